The lowest BCUT2D eigenvalue weighted by Crippen LogP contribution is -2.18. The Morgan fingerprint density at radius 3 is 2.20 bits per heavy atom. The molecule has 276 valence electrons. The van der Waals surface area contributed by atoms with Crippen LogP contribution in [0, 0.1) is 20.2 Å². The van der Waals surface area contributed by atoms with Crippen molar-refractivity contribution in [3.8, 4) is 45.3 Å². The first-order valence-electron chi connectivity index (χ1n) is 15.8. The van der Waals surface area contributed by atoms with Gasteiger partial charge in [-0.25, -0.2) is 0 Å². The Kier molecular flexibility index (Phi) is 11.9. The van der Waals surface area contributed by atoms with Gasteiger partial charge in [0.1, 0.15) is 26.4 Å². The quantitative estimate of drug-likeness (QED) is 0.0688. The molecule has 54 heavy (non-hydrogen) atoms. The molecule has 0 amide bonds. The number of hydrogen-bond donors (Lipinski definition) is 3. The molecule has 1 saturated carbocycles. The second-order valence-corrected chi connectivity index (χ2v) is 18.5. The average Bonchev–Trinajstić information content (AvgIpc) is 3.63. The highest BCUT2D eigenvalue weighted by atomic mass is 127. The number of phenols is 2. The third kappa shape index (κ3) is 7.16. The molecular weight excluding hydrogens is 1230 g/mol. The molecule has 0 aromatic heterocycles. The molecule has 8 nitrogen and oxygen atoms in total. The van der Waals surface area contributed by atoms with Crippen LogP contribution in [0.15, 0.2) is 73.0 Å². The first-order chi connectivity index (χ1) is 25.6. The van der Waals surface area contributed by atoms with Gasteiger partial charge in [0.25, 0.3) is 0 Å². The largest absolute Gasteiger partial charge is 0.508 e. The summed E-state index contributed by atoms with van der Waals surface area (Å²) in [6.07, 6.45) is 2.28. The van der Waals surface area contributed by atoms with Gasteiger partial charge >= 0.3 is 5.97 Å². The van der Waals surface area contributed by atoms with Crippen molar-refractivity contribution in [1.29, 1.82) is 0 Å². The Hall–Kier alpha value is -1.81. The van der Waals surface area contributed by atoms with Gasteiger partial charge in [0.15, 0.2) is 16.8 Å². The van der Waals surface area contributed by atoms with E-state index in [1.807, 2.05) is 90.4 Å². The fraction of sp³-hybridized carbons (Fsp3) is 0.132. The highest BCUT2D eigenvalue weighted by molar-refractivity contribution is 14.1. The topological polar surface area (TPSA) is 138 Å². The molecule has 1 fully saturated rings. The lowest BCUT2D eigenvalue weighted by Gasteiger charge is -2.22. The maximum absolute atomic E-state index is 12.6. The van der Waals surface area contributed by atoms with Crippen molar-refractivity contribution in [2.75, 3.05) is 0 Å². The highest BCUT2D eigenvalue weighted by Crippen LogP contribution is 2.51. The van der Waals surface area contributed by atoms with Crippen LogP contribution in [-0.2, 0) is 4.79 Å². The van der Waals surface area contributed by atoms with Gasteiger partial charge in [-0.1, -0.05) is 52.8 Å². The van der Waals surface area contributed by atoms with Gasteiger partial charge < -0.3 is 24.2 Å². The summed E-state index contributed by atoms with van der Waals surface area (Å²) < 4.78 is 14.1. The second kappa shape index (κ2) is 15.9. The summed E-state index contributed by atoms with van der Waals surface area (Å²) in [5.41, 5.74) is 4.14. The molecule has 3 aromatic rings. The number of carboxylic acid groups (broad SMARTS) is 1. The van der Waals surface area contributed by atoms with Crippen LogP contribution in [0.5, 0.6) is 11.5 Å². The number of phenolic OH excluding ortho intramolecular Hbond substituents is 2. The van der Waals surface area contributed by atoms with E-state index in [1.54, 1.807) is 36.4 Å². The van der Waals surface area contributed by atoms with Crippen LogP contribution < -0.4 is 10.9 Å². The average molecular weight is 1250 g/mol. The van der Waals surface area contributed by atoms with Crippen LogP contribution in [0.2, 0.25) is 20.1 Å². The number of hydrogen-bond acceptors (Lipinski definition) is 7. The van der Waals surface area contributed by atoms with Crippen molar-refractivity contribution in [2.45, 2.75) is 25.2 Å². The van der Waals surface area contributed by atoms with Crippen LogP contribution in [0.25, 0.3) is 55.7 Å². The predicted octanol–water partition coefficient (Wildman–Crippen LogP) is 12.9. The summed E-state index contributed by atoms with van der Waals surface area (Å²) in [6.45, 7) is 0. The van der Waals surface area contributed by atoms with Crippen molar-refractivity contribution in [1.82, 2.24) is 0 Å². The second-order valence-electron chi connectivity index (χ2n) is 12.4. The third-order valence-corrected chi connectivity index (χ3v) is 14.7. The summed E-state index contributed by atoms with van der Waals surface area (Å²) in [5.74, 6) is -0.397. The minimum atomic E-state index is -0.793. The lowest BCUT2D eigenvalue weighted by atomic mass is 9.83. The van der Waals surface area contributed by atoms with Crippen molar-refractivity contribution < 1.29 is 28.9 Å². The van der Waals surface area contributed by atoms with Crippen LogP contribution in [0.1, 0.15) is 30.7 Å². The van der Waals surface area contributed by atoms with E-state index < -0.39 is 11.9 Å². The Morgan fingerprint density at radius 2 is 1.48 bits per heavy atom. The summed E-state index contributed by atoms with van der Waals surface area (Å²) in [4.78, 5) is 35.9. The predicted molar refractivity (Wildman–Crippen MR) is 246 cm³/mol. The maximum Gasteiger partial charge on any atom is 0.307 e. The molecule has 2 heterocycles. The summed E-state index contributed by atoms with van der Waals surface area (Å²) in [7, 11) is 0. The van der Waals surface area contributed by atoms with Gasteiger partial charge in [0.05, 0.1) is 36.7 Å². The van der Waals surface area contributed by atoms with Gasteiger partial charge in [0, 0.05) is 45.2 Å². The molecule has 3 N–H and O–H groups in total. The Balaban J connectivity index is 0.000000171. The van der Waals surface area contributed by atoms with E-state index in [2.05, 4.69) is 0 Å². The monoisotopic (exact) mass is 1250 g/mol. The Morgan fingerprint density at radius 1 is 0.741 bits per heavy atom. The zero-order valence-corrected chi connectivity index (χ0v) is 38.5. The molecule has 0 radical (unpaired) electrons. The van der Waals surface area contributed by atoms with Crippen LogP contribution in [0.3, 0.4) is 0 Å². The molecule has 16 heteroatoms. The van der Waals surface area contributed by atoms with Gasteiger partial charge in [-0.3, -0.25) is 14.4 Å². The Bertz CT molecular complexity index is 2770. The molecule has 3 aliphatic carbocycles. The first kappa shape index (κ1) is 40.4. The number of halogens is 8. The van der Waals surface area contributed by atoms with Crippen molar-refractivity contribution >= 4 is 165 Å². The van der Waals surface area contributed by atoms with E-state index in [9.17, 15) is 29.7 Å². The standard InChI is InChI=1S/C19H4Cl4I4O3.C19H16O5/c20-7-1-4(11(21)13(23)12(7)22)10-5-2-8(24)16(28)14(26)18(5)30-19-6(10)3-9(25)17(29)15(19)27;20-10-4-6-14-16(8-10)24-17-9-11(21)5-7-15(17)18(14)12-2-1-3-13(12)19(22)23/h1-3,28H;4-9,12-13,20H,1-3H2,(H,22,23). The lowest BCUT2D eigenvalue weighted by molar-refractivity contribution is -0.141. The minimum Gasteiger partial charge on any atom is -0.508 e. The van der Waals surface area contributed by atoms with Gasteiger partial charge in [-0.2, -0.15) is 0 Å². The normalized spacial score (nSPS) is 15.6. The van der Waals surface area contributed by atoms with Gasteiger partial charge in [0.2, 0.25) is 5.43 Å². The molecule has 0 spiro atoms. The number of carboxylic acids is 1. The SMILES string of the molecule is O=C(O)C1CCCC1c1c2ccc(=O)cc-2oc2cc(O)ccc12.O=c1c(I)cc2c(-c3cc(Cl)c(Cl)c(Cl)c3Cl)c3cc(I)c(O)c(I)c3oc-2c1I. The molecule has 8 rings (SSSR count). The molecular formula is C38H20Cl4I4O8. The summed E-state index contributed by atoms with van der Waals surface area (Å²) in [5, 5.41) is 32.0. The molecule has 3 aromatic carbocycles. The first-order valence-corrected chi connectivity index (χ1v) is 21.6. The van der Waals surface area contributed by atoms with E-state index in [0.29, 0.717) is 65.5 Å². The summed E-state index contributed by atoms with van der Waals surface area (Å²) >= 11 is 33.5. The van der Waals surface area contributed by atoms with Crippen LogP contribution >= 0.6 is 137 Å². The molecule has 0 bridgehead atoms. The molecule has 2 unspecified atom stereocenters. The molecule has 2 atom stereocenters. The zero-order valence-electron chi connectivity index (χ0n) is 26.9. The van der Waals surface area contributed by atoms with Gasteiger partial charge in [-0.15, -0.1) is 0 Å². The van der Waals surface area contributed by atoms with E-state index in [0.717, 1.165) is 29.4 Å². The number of benzene rings is 5. The van der Waals surface area contributed by atoms with Crippen molar-refractivity contribution in [3.63, 3.8) is 0 Å². The molecule has 5 aliphatic rings. The molecule has 2 aliphatic heterocycles. The number of carbonyl (C=O) groups is 1. The number of aliphatic carboxylic acids is 1. The Labute approximate surface area is 380 Å². The van der Waals surface area contributed by atoms with Crippen LogP contribution in [-0.4, -0.2) is 21.3 Å². The fourth-order valence-electron chi connectivity index (χ4n) is 6.93. The van der Waals surface area contributed by atoms with Crippen molar-refractivity contribution in [2.24, 2.45) is 5.92 Å². The number of aromatic hydroxyl groups is 2. The number of fused-ring (bicyclic) bond motifs is 4. The van der Waals surface area contributed by atoms with Crippen molar-refractivity contribution in [3.05, 3.63) is 115 Å². The maximum atomic E-state index is 12.6. The van der Waals surface area contributed by atoms with E-state index in [-0.39, 0.29) is 48.4 Å². The van der Waals surface area contributed by atoms with E-state index in [1.165, 1.54) is 18.2 Å². The van der Waals surface area contributed by atoms with E-state index in [4.69, 9.17) is 55.2 Å². The van der Waals surface area contributed by atoms with Gasteiger partial charge in [-0.05, 0) is 157 Å². The molecule has 0 saturated heterocycles. The van der Waals surface area contributed by atoms with E-state index >= 15 is 0 Å². The number of rotatable bonds is 3. The highest BCUT2D eigenvalue weighted by Gasteiger charge is 2.37. The van der Waals surface area contributed by atoms with Crippen LogP contribution in [0.4, 0.5) is 0 Å². The third-order valence-electron chi connectivity index (χ3n) is 9.32. The zero-order chi connectivity index (χ0) is 38.9. The minimum absolute atomic E-state index is 0.0658. The smallest absolute Gasteiger partial charge is 0.307 e. The fourth-order valence-corrected chi connectivity index (χ4v) is 11.4. The summed E-state index contributed by atoms with van der Waals surface area (Å²) in [6, 6.07) is 14.6.